The monoisotopic (exact) mass is 389 g/mol. The molecule has 0 aliphatic heterocycles. The highest BCUT2D eigenvalue weighted by atomic mass is 16.5. The largest absolute Gasteiger partial charge is 0.463 e. The van der Waals surface area contributed by atoms with E-state index in [4.69, 9.17) is 4.74 Å². The molecule has 29 heavy (non-hydrogen) atoms. The van der Waals surface area contributed by atoms with Gasteiger partial charge in [-0.2, -0.15) is 4.98 Å². The molecule has 1 N–H and O–H groups in total. The van der Waals surface area contributed by atoms with Crippen LogP contribution in [0.25, 0.3) is 22.5 Å². The van der Waals surface area contributed by atoms with Gasteiger partial charge in [-0.1, -0.05) is 55.5 Å². The van der Waals surface area contributed by atoms with Crippen LogP contribution in [0.1, 0.15) is 31.7 Å². The zero-order valence-electron chi connectivity index (χ0n) is 16.5. The third kappa shape index (κ3) is 4.16. The van der Waals surface area contributed by atoms with Crippen LogP contribution in [0.15, 0.2) is 48.5 Å². The number of tetrazole rings is 1. The fourth-order valence-corrected chi connectivity index (χ4v) is 3.25. The first-order valence-electron chi connectivity index (χ1n) is 9.77. The summed E-state index contributed by atoms with van der Waals surface area (Å²) in [5.74, 6) is 1.60. The second kappa shape index (κ2) is 8.64. The topological polar surface area (TPSA) is 94.4 Å². The molecule has 8 nitrogen and oxygen atoms in total. The Balaban J connectivity index is 1.59. The first-order chi connectivity index (χ1) is 14.3. The number of nitrogens with one attached hydrogen (secondary N) is 1. The summed E-state index contributed by atoms with van der Waals surface area (Å²) in [5, 5.41) is 18.8. The van der Waals surface area contributed by atoms with E-state index in [0.29, 0.717) is 25.0 Å². The Kier molecular flexibility index (Phi) is 5.60. The van der Waals surface area contributed by atoms with E-state index in [9.17, 15) is 0 Å². The average molecular weight is 389 g/mol. The quantitative estimate of drug-likeness (QED) is 0.495. The number of hydrogen-bond acceptors (Lipinski definition) is 6. The van der Waals surface area contributed by atoms with Gasteiger partial charge in [0.2, 0.25) is 0 Å². The van der Waals surface area contributed by atoms with Crippen molar-refractivity contribution in [3.05, 3.63) is 59.9 Å². The number of aromatic nitrogens is 7. The number of aryl methyl sites for hydroxylation is 1. The maximum absolute atomic E-state index is 5.47. The summed E-state index contributed by atoms with van der Waals surface area (Å²) < 4.78 is 7.40. The van der Waals surface area contributed by atoms with Crippen LogP contribution in [0.5, 0.6) is 6.01 Å². The highest BCUT2D eigenvalue weighted by Crippen LogP contribution is 2.29. The molecule has 0 radical (unpaired) electrons. The highest BCUT2D eigenvalue weighted by molar-refractivity contribution is 5.80. The second-order valence-corrected chi connectivity index (χ2v) is 6.64. The van der Waals surface area contributed by atoms with Gasteiger partial charge in [-0.25, -0.2) is 9.78 Å². The minimum Gasteiger partial charge on any atom is -0.463 e. The third-order valence-corrected chi connectivity index (χ3v) is 4.60. The summed E-state index contributed by atoms with van der Waals surface area (Å²) in [7, 11) is 0. The van der Waals surface area contributed by atoms with Gasteiger partial charge in [0, 0.05) is 12.0 Å². The maximum atomic E-state index is 5.47. The third-order valence-electron chi connectivity index (χ3n) is 4.60. The first kappa shape index (κ1) is 18.8. The van der Waals surface area contributed by atoms with E-state index >= 15 is 0 Å². The lowest BCUT2D eigenvalue weighted by Gasteiger charge is -2.09. The summed E-state index contributed by atoms with van der Waals surface area (Å²) in [5.41, 5.74) is 4.29. The van der Waals surface area contributed by atoms with Crippen LogP contribution in [0.2, 0.25) is 0 Å². The molecule has 0 fully saturated rings. The molecule has 2 aromatic heterocycles. The lowest BCUT2D eigenvalue weighted by molar-refractivity contribution is 0.311. The number of rotatable bonds is 8. The van der Waals surface area contributed by atoms with E-state index in [1.54, 1.807) is 0 Å². The predicted octanol–water partition coefficient (Wildman–Crippen LogP) is 3.52. The van der Waals surface area contributed by atoms with Crippen molar-refractivity contribution in [3.63, 3.8) is 0 Å². The van der Waals surface area contributed by atoms with Crippen LogP contribution < -0.4 is 4.74 Å². The first-order valence-corrected chi connectivity index (χ1v) is 9.77. The van der Waals surface area contributed by atoms with Crippen LogP contribution >= 0.6 is 0 Å². The Morgan fingerprint density at radius 2 is 1.79 bits per heavy atom. The van der Waals surface area contributed by atoms with Gasteiger partial charge in [-0.15, -0.1) is 10.2 Å². The molecule has 0 aliphatic rings. The molecule has 0 bridgehead atoms. The Labute approximate surface area is 169 Å². The zero-order chi connectivity index (χ0) is 20.1. The van der Waals surface area contributed by atoms with Gasteiger partial charge in [0.1, 0.15) is 5.82 Å². The van der Waals surface area contributed by atoms with Crippen molar-refractivity contribution in [1.82, 2.24) is 35.4 Å². The minimum absolute atomic E-state index is 0.446. The molecule has 4 aromatic rings. The van der Waals surface area contributed by atoms with Crippen LogP contribution in [-0.2, 0) is 13.0 Å². The molecule has 0 aliphatic carbocycles. The zero-order valence-corrected chi connectivity index (χ0v) is 16.5. The van der Waals surface area contributed by atoms with Gasteiger partial charge in [-0.05, 0) is 40.5 Å². The van der Waals surface area contributed by atoms with E-state index in [1.165, 1.54) is 0 Å². The number of benzene rings is 2. The Hall–Kier alpha value is -3.55. The minimum atomic E-state index is 0.446. The summed E-state index contributed by atoms with van der Waals surface area (Å²) >= 11 is 0. The summed E-state index contributed by atoms with van der Waals surface area (Å²) in [6.07, 6.45) is 1.88. The fraction of sp³-hybridized carbons (Fsp3) is 0.286. The Morgan fingerprint density at radius 1 is 1.00 bits per heavy atom. The standard InChI is InChI=1S/C21H23N7O/c1-3-7-19-22-21(29-4-2)25-28(19)14-15-10-12-16(13-11-15)17-8-5-6-9-18(17)20-23-26-27-24-20/h5-6,8-13H,3-4,7,14H2,1-2H3,(H,23,24,26,27). The number of ether oxygens (including phenoxy) is 1. The number of nitrogens with zero attached hydrogens (tertiary/aromatic N) is 6. The van der Waals surface area contributed by atoms with Crippen molar-refractivity contribution in [1.29, 1.82) is 0 Å². The fourth-order valence-electron chi connectivity index (χ4n) is 3.25. The number of aromatic amines is 1. The molecule has 0 unspecified atom stereocenters. The Bertz CT molecular complexity index is 1060. The van der Waals surface area contributed by atoms with Crippen LogP contribution in [-0.4, -0.2) is 42.0 Å². The molecule has 8 heteroatoms. The smallest absolute Gasteiger partial charge is 0.335 e. The van der Waals surface area contributed by atoms with Crippen molar-refractivity contribution in [2.45, 2.75) is 33.2 Å². The van der Waals surface area contributed by atoms with Crippen LogP contribution in [0.4, 0.5) is 0 Å². The molecule has 0 saturated carbocycles. The van der Waals surface area contributed by atoms with Gasteiger partial charge in [0.05, 0.1) is 13.2 Å². The van der Waals surface area contributed by atoms with Gasteiger partial charge in [0.15, 0.2) is 5.82 Å². The molecule has 4 rings (SSSR count). The van der Waals surface area contributed by atoms with Crippen molar-refractivity contribution in [3.8, 4) is 28.5 Å². The van der Waals surface area contributed by atoms with Crippen molar-refractivity contribution in [2.75, 3.05) is 6.61 Å². The van der Waals surface area contributed by atoms with Gasteiger partial charge in [0.25, 0.3) is 0 Å². The predicted molar refractivity (Wildman–Crippen MR) is 109 cm³/mol. The van der Waals surface area contributed by atoms with Crippen molar-refractivity contribution in [2.24, 2.45) is 0 Å². The van der Waals surface area contributed by atoms with E-state index in [0.717, 1.165) is 40.9 Å². The van der Waals surface area contributed by atoms with E-state index in [-0.39, 0.29) is 0 Å². The van der Waals surface area contributed by atoms with Gasteiger partial charge < -0.3 is 4.74 Å². The molecule has 2 heterocycles. The molecule has 0 saturated heterocycles. The van der Waals surface area contributed by atoms with E-state index < -0.39 is 0 Å². The van der Waals surface area contributed by atoms with Crippen molar-refractivity contribution < 1.29 is 4.74 Å². The van der Waals surface area contributed by atoms with E-state index in [2.05, 4.69) is 68.0 Å². The molecule has 148 valence electrons. The molecular formula is C21H23N7O. The van der Waals surface area contributed by atoms with Crippen molar-refractivity contribution >= 4 is 0 Å². The van der Waals surface area contributed by atoms with Crippen LogP contribution in [0.3, 0.4) is 0 Å². The summed E-state index contributed by atoms with van der Waals surface area (Å²) in [6, 6.07) is 17.0. The number of H-pyrrole nitrogens is 1. The summed E-state index contributed by atoms with van der Waals surface area (Å²) in [6.45, 7) is 5.29. The normalized spacial score (nSPS) is 11.0. The lowest BCUT2D eigenvalue weighted by Crippen LogP contribution is -2.07. The molecule has 2 aromatic carbocycles. The van der Waals surface area contributed by atoms with Crippen LogP contribution in [0, 0.1) is 0 Å². The SMILES string of the molecule is CCCc1nc(OCC)nn1Cc1ccc(-c2ccccc2-c2nnn[nH]2)cc1. The molecule has 0 spiro atoms. The van der Waals surface area contributed by atoms with Gasteiger partial charge >= 0.3 is 6.01 Å². The summed E-state index contributed by atoms with van der Waals surface area (Å²) in [4.78, 5) is 4.50. The molecule has 0 amide bonds. The molecular weight excluding hydrogens is 366 g/mol. The molecule has 0 atom stereocenters. The van der Waals surface area contributed by atoms with Gasteiger partial charge in [-0.3, -0.25) is 0 Å². The Morgan fingerprint density at radius 3 is 2.48 bits per heavy atom. The average Bonchev–Trinajstić information content (AvgIpc) is 3.40. The highest BCUT2D eigenvalue weighted by Gasteiger charge is 2.12. The lowest BCUT2D eigenvalue weighted by atomic mass is 9.98. The maximum Gasteiger partial charge on any atom is 0.335 e. The van der Waals surface area contributed by atoms with E-state index in [1.807, 2.05) is 29.8 Å². The second-order valence-electron chi connectivity index (χ2n) is 6.64. The number of hydrogen-bond donors (Lipinski definition) is 1.